The van der Waals surface area contributed by atoms with E-state index in [9.17, 15) is 5.11 Å². The fraction of sp³-hybridized carbons (Fsp3) is 0.429. The number of hydrogen-bond donors (Lipinski definition) is 1. The fourth-order valence-electron chi connectivity index (χ4n) is 1.74. The zero-order chi connectivity index (χ0) is 12.2. The van der Waals surface area contributed by atoms with Crippen molar-refractivity contribution in [1.29, 1.82) is 0 Å². The van der Waals surface area contributed by atoms with E-state index in [2.05, 4.69) is 29.8 Å². The van der Waals surface area contributed by atoms with Gasteiger partial charge in [-0.25, -0.2) is 0 Å². The predicted octanol–water partition coefficient (Wildman–Crippen LogP) is 4.22. The van der Waals surface area contributed by atoms with Gasteiger partial charge in [-0.1, -0.05) is 60.1 Å². The zero-order valence-electron chi connectivity index (χ0n) is 10.1. The molecule has 1 atom stereocenters. The van der Waals surface area contributed by atoms with Crippen molar-refractivity contribution in [3.05, 3.63) is 40.4 Å². The van der Waals surface area contributed by atoms with Crippen LogP contribution in [0.3, 0.4) is 0 Å². The molecule has 0 aliphatic rings. The summed E-state index contributed by atoms with van der Waals surface area (Å²) in [6.07, 6.45) is 2.72. The molecule has 0 heterocycles. The summed E-state index contributed by atoms with van der Waals surface area (Å²) in [7, 11) is 0. The second kappa shape index (κ2) is 5.65. The Labute approximate surface area is 106 Å². The second-order valence-corrected chi connectivity index (χ2v) is 5.63. The van der Waals surface area contributed by atoms with Crippen LogP contribution in [0.1, 0.15) is 32.8 Å². The third-order valence-electron chi connectivity index (χ3n) is 2.41. The molecule has 1 aromatic carbocycles. The molecule has 0 unspecified atom stereocenters. The average molecular weight is 283 g/mol. The minimum Gasteiger partial charge on any atom is -0.385 e. The Bertz CT molecular complexity index is 352. The lowest BCUT2D eigenvalue weighted by Crippen LogP contribution is -2.26. The molecule has 0 saturated heterocycles. The smallest absolute Gasteiger partial charge is 0.0935 e. The molecule has 0 fully saturated rings. The van der Waals surface area contributed by atoms with Gasteiger partial charge in [0.1, 0.15) is 0 Å². The van der Waals surface area contributed by atoms with Crippen LogP contribution < -0.4 is 0 Å². The predicted molar refractivity (Wildman–Crippen MR) is 73.4 cm³/mol. The fourth-order valence-corrected chi connectivity index (χ4v) is 2.17. The number of benzene rings is 1. The SMILES string of the molecule is CC(C)C[C@@](C)(O)/C(Br)=C/c1ccccc1. The highest BCUT2D eigenvalue weighted by Crippen LogP contribution is 2.30. The molecule has 1 rings (SSSR count). The highest BCUT2D eigenvalue weighted by atomic mass is 79.9. The summed E-state index contributed by atoms with van der Waals surface area (Å²) in [5.41, 5.74) is 0.308. The van der Waals surface area contributed by atoms with Gasteiger partial charge in [0.05, 0.1) is 5.60 Å². The van der Waals surface area contributed by atoms with Crippen molar-refractivity contribution in [2.45, 2.75) is 32.8 Å². The molecule has 0 spiro atoms. The summed E-state index contributed by atoms with van der Waals surface area (Å²) in [5.74, 6) is 0.465. The van der Waals surface area contributed by atoms with Crippen LogP contribution in [0.15, 0.2) is 34.8 Å². The zero-order valence-corrected chi connectivity index (χ0v) is 11.7. The molecule has 0 radical (unpaired) electrons. The Morgan fingerprint density at radius 3 is 2.44 bits per heavy atom. The minimum absolute atomic E-state index is 0.465. The van der Waals surface area contributed by atoms with Crippen LogP contribution in [-0.4, -0.2) is 10.7 Å². The first kappa shape index (κ1) is 13.5. The molecule has 0 aliphatic carbocycles. The van der Waals surface area contributed by atoms with E-state index in [-0.39, 0.29) is 0 Å². The number of aliphatic hydroxyl groups is 1. The van der Waals surface area contributed by atoms with E-state index in [0.29, 0.717) is 5.92 Å². The molecule has 1 aromatic rings. The Morgan fingerprint density at radius 1 is 1.38 bits per heavy atom. The van der Waals surface area contributed by atoms with E-state index in [4.69, 9.17) is 0 Å². The molecular weight excluding hydrogens is 264 g/mol. The Kier molecular flexibility index (Phi) is 4.75. The van der Waals surface area contributed by atoms with Gasteiger partial charge >= 0.3 is 0 Å². The Hall–Kier alpha value is -0.600. The lowest BCUT2D eigenvalue weighted by atomic mass is 9.93. The van der Waals surface area contributed by atoms with Crippen LogP contribution in [0.5, 0.6) is 0 Å². The molecule has 88 valence electrons. The lowest BCUT2D eigenvalue weighted by molar-refractivity contribution is 0.0855. The largest absolute Gasteiger partial charge is 0.385 e. The molecular formula is C14H19BrO. The first-order valence-electron chi connectivity index (χ1n) is 5.57. The highest BCUT2D eigenvalue weighted by molar-refractivity contribution is 9.11. The quantitative estimate of drug-likeness (QED) is 0.877. The summed E-state index contributed by atoms with van der Waals surface area (Å²) in [6.45, 7) is 6.06. The Morgan fingerprint density at radius 2 is 1.94 bits per heavy atom. The monoisotopic (exact) mass is 282 g/mol. The second-order valence-electron chi connectivity index (χ2n) is 4.77. The van der Waals surface area contributed by atoms with E-state index < -0.39 is 5.60 Å². The molecule has 0 aromatic heterocycles. The Balaban J connectivity index is 2.84. The van der Waals surface area contributed by atoms with Crippen LogP contribution in [-0.2, 0) is 0 Å². The van der Waals surface area contributed by atoms with Crippen molar-refractivity contribution in [3.63, 3.8) is 0 Å². The molecule has 0 bridgehead atoms. The minimum atomic E-state index is -0.788. The molecule has 1 N–H and O–H groups in total. The van der Waals surface area contributed by atoms with E-state index >= 15 is 0 Å². The van der Waals surface area contributed by atoms with Gasteiger partial charge in [-0.3, -0.25) is 0 Å². The molecule has 0 aliphatic heterocycles. The van der Waals surface area contributed by atoms with Crippen LogP contribution in [0.4, 0.5) is 0 Å². The number of rotatable bonds is 4. The van der Waals surface area contributed by atoms with Gasteiger partial charge in [0, 0.05) is 4.48 Å². The van der Waals surface area contributed by atoms with E-state index in [0.717, 1.165) is 16.5 Å². The maximum absolute atomic E-state index is 10.3. The van der Waals surface area contributed by atoms with Gasteiger partial charge in [0.15, 0.2) is 0 Å². The summed E-state index contributed by atoms with van der Waals surface area (Å²) in [5, 5.41) is 10.3. The molecule has 1 nitrogen and oxygen atoms in total. The van der Waals surface area contributed by atoms with Crippen LogP contribution >= 0.6 is 15.9 Å². The molecule has 0 saturated carbocycles. The van der Waals surface area contributed by atoms with Gasteiger partial charge in [-0.2, -0.15) is 0 Å². The van der Waals surface area contributed by atoms with Gasteiger partial charge < -0.3 is 5.11 Å². The normalized spacial score (nSPS) is 16.2. The first-order chi connectivity index (χ1) is 7.42. The summed E-state index contributed by atoms with van der Waals surface area (Å²) < 4.78 is 0.833. The van der Waals surface area contributed by atoms with E-state index in [1.54, 1.807) is 0 Å². The van der Waals surface area contributed by atoms with E-state index in [1.165, 1.54) is 0 Å². The average Bonchev–Trinajstić information content (AvgIpc) is 2.17. The summed E-state index contributed by atoms with van der Waals surface area (Å²) in [6, 6.07) is 10.0. The van der Waals surface area contributed by atoms with Crippen LogP contribution in [0, 0.1) is 5.92 Å². The topological polar surface area (TPSA) is 20.2 Å². The van der Waals surface area contributed by atoms with Crippen LogP contribution in [0.25, 0.3) is 6.08 Å². The van der Waals surface area contributed by atoms with Crippen molar-refractivity contribution < 1.29 is 5.11 Å². The first-order valence-corrected chi connectivity index (χ1v) is 6.36. The third-order valence-corrected chi connectivity index (χ3v) is 3.50. The molecule has 16 heavy (non-hydrogen) atoms. The van der Waals surface area contributed by atoms with Crippen molar-refractivity contribution in [1.82, 2.24) is 0 Å². The maximum Gasteiger partial charge on any atom is 0.0935 e. The van der Waals surface area contributed by atoms with Crippen molar-refractivity contribution in [3.8, 4) is 0 Å². The standard InChI is InChI=1S/C14H19BrO/c1-11(2)10-14(3,16)13(15)9-12-7-5-4-6-8-12/h4-9,11,16H,10H2,1-3H3/b13-9-/t14-/m1/s1. The highest BCUT2D eigenvalue weighted by Gasteiger charge is 2.25. The third kappa shape index (κ3) is 4.11. The number of halogens is 1. The van der Waals surface area contributed by atoms with E-state index in [1.807, 2.05) is 43.3 Å². The number of hydrogen-bond acceptors (Lipinski definition) is 1. The van der Waals surface area contributed by atoms with Gasteiger partial charge in [0.2, 0.25) is 0 Å². The summed E-state index contributed by atoms with van der Waals surface area (Å²) in [4.78, 5) is 0. The lowest BCUT2D eigenvalue weighted by Gasteiger charge is -2.25. The van der Waals surface area contributed by atoms with Crippen LogP contribution in [0.2, 0.25) is 0 Å². The van der Waals surface area contributed by atoms with Gasteiger partial charge in [-0.15, -0.1) is 0 Å². The van der Waals surface area contributed by atoms with Gasteiger partial charge in [0.25, 0.3) is 0 Å². The molecule has 2 heteroatoms. The van der Waals surface area contributed by atoms with Crippen molar-refractivity contribution in [2.75, 3.05) is 0 Å². The van der Waals surface area contributed by atoms with Gasteiger partial charge in [-0.05, 0) is 30.9 Å². The van der Waals surface area contributed by atoms with Crippen molar-refractivity contribution in [2.24, 2.45) is 5.92 Å². The van der Waals surface area contributed by atoms with Crippen molar-refractivity contribution >= 4 is 22.0 Å². The summed E-state index contributed by atoms with van der Waals surface area (Å²) >= 11 is 3.48. The maximum atomic E-state index is 10.3. The molecule has 0 amide bonds.